The SMILES string of the molecule is CCOC(=O)CCCCCS(=O)c1ccc(C(C)C)cc1. The molecule has 0 saturated heterocycles. The van der Waals surface area contributed by atoms with Gasteiger partial charge in [0.2, 0.25) is 0 Å². The molecule has 1 aromatic carbocycles. The summed E-state index contributed by atoms with van der Waals surface area (Å²) in [5, 5.41) is 0. The minimum absolute atomic E-state index is 0.136. The van der Waals surface area contributed by atoms with Crippen LogP contribution in [0, 0.1) is 0 Å². The lowest BCUT2D eigenvalue weighted by molar-refractivity contribution is -0.143. The summed E-state index contributed by atoms with van der Waals surface area (Å²) in [6, 6.07) is 8.03. The maximum Gasteiger partial charge on any atom is 0.305 e. The maximum absolute atomic E-state index is 12.1. The number of unbranched alkanes of at least 4 members (excludes halogenated alkanes) is 2. The number of esters is 1. The molecule has 118 valence electrons. The summed E-state index contributed by atoms with van der Waals surface area (Å²) in [5.41, 5.74) is 1.27. The Morgan fingerprint density at radius 1 is 1.14 bits per heavy atom. The Hall–Kier alpha value is -1.16. The summed E-state index contributed by atoms with van der Waals surface area (Å²) in [6.07, 6.45) is 3.05. The summed E-state index contributed by atoms with van der Waals surface area (Å²) in [6.45, 7) is 6.55. The number of hydrogen-bond acceptors (Lipinski definition) is 3. The molecule has 1 unspecified atom stereocenters. The van der Waals surface area contributed by atoms with E-state index in [-0.39, 0.29) is 5.97 Å². The summed E-state index contributed by atoms with van der Waals surface area (Å²) < 4.78 is 17.0. The van der Waals surface area contributed by atoms with Crippen LogP contribution in [0.2, 0.25) is 0 Å². The van der Waals surface area contributed by atoms with Crippen molar-refractivity contribution in [2.75, 3.05) is 12.4 Å². The predicted octanol–water partition coefficient (Wildman–Crippen LogP) is 4.04. The van der Waals surface area contributed by atoms with Crippen LogP contribution in [0.5, 0.6) is 0 Å². The Morgan fingerprint density at radius 3 is 2.38 bits per heavy atom. The molecule has 1 rings (SSSR count). The third-order valence-corrected chi connectivity index (χ3v) is 4.78. The molecule has 0 aromatic heterocycles. The molecule has 0 saturated carbocycles. The molecule has 0 aliphatic heterocycles. The van der Waals surface area contributed by atoms with Gasteiger partial charge in [-0.3, -0.25) is 9.00 Å². The Balaban J connectivity index is 2.26. The van der Waals surface area contributed by atoms with Crippen LogP contribution >= 0.6 is 0 Å². The third kappa shape index (κ3) is 6.89. The number of ether oxygens (including phenoxy) is 1. The fourth-order valence-corrected chi connectivity index (χ4v) is 3.18. The smallest absolute Gasteiger partial charge is 0.305 e. The van der Waals surface area contributed by atoms with Gasteiger partial charge in [0.1, 0.15) is 0 Å². The van der Waals surface area contributed by atoms with Gasteiger partial charge in [0.15, 0.2) is 0 Å². The first-order chi connectivity index (χ1) is 10.0. The van der Waals surface area contributed by atoms with Crippen LogP contribution in [0.15, 0.2) is 29.2 Å². The Bertz CT molecular complexity index is 452. The van der Waals surface area contributed by atoms with Gasteiger partial charge in [-0.05, 0) is 43.4 Å². The molecule has 0 radical (unpaired) electrons. The van der Waals surface area contributed by atoms with Crippen molar-refractivity contribution in [1.82, 2.24) is 0 Å². The lowest BCUT2D eigenvalue weighted by Crippen LogP contribution is -2.04. The van der Waals surface area contributed by atoms with Gasteiger partial charge in [-0.15, -0.1) is 0 Å². The van der Waals surface area contributed by atoms with Gasteiger partial charge in [-0.2, -0.15) is 0 Å². The molecule has 4 heteroatoms. The van der Waals surface area contributed by atoms with Gasteiger partial charge in [-0.1, -0.05) is 32.4 Å². The second-order valence-corrected chi connectivity index (χ2v) is 6.96. The minimum Gasteiger partial charge on any atom is -0.466 e. The summed E-state index contributed by atoms with van der Waals surface area (Å²) in [7, 11) is -0.939. The second kappa shape index (κ2) is 9.72. The van der Waals surface area contributed by atoms with Crippen molar-refractivity contribution in [1.29, 1.82) is 0 Å². The van der Waals surface area contributed by atoms with Crippen LogP contribution < -0.4 is 0 Å². The van der Waals surface area contributed by atoms with E-state index in [0.717, 1.165) is 24.2 Å². The van der Waals surface area contributed by atoms with E-state index in [1.807, 2.05) is 19.1 Å². The number of hydrogen-bond donors (Lipinski definition) is 0. The third-order valence-electron chi connectivity index (χ3n) is 3.33. The zero-order valence-electron chi connectivity index (χ0n) is 13.3. The highest BCUT2D eigenvalue weighted by Crippen LogP contribution is 2.17. The van der Waals surface area contributed by atoms with Crippen molar-refractivity contribution < 1.29 is 13.7 Å². The second-order valence-electron chi connectivity index (χ2n) is 5.39. The summed E-state index contributed by atoms with van der Waals surface area (Å²) in [4.78, 5) is 12.1. The molecule has 0 amide bonds. The summed E-state index contributed by atoms with van der Waals surface area (Å²) in [5.74, 6) is 1.02. The van der Waals surface area contributed by atoms with E-state index < -0.39 is 10.8 Å². The standard InChI is InChI=1S/C17H26O3S/c1-4-20-17(18)8-6-5-7-13-21(19)16-11-9-15(10-12-16)14(2)3/h9-12,14H,4-8,13H2,1-3H3. The molecule has 0 heterocycles. The Labute approximate surface area is 130 Å². The average molecular weight is 310 g/mol. The molecule has 0 bridgehead atoms. The van der Waals surface area contributed by atoms with Gasteiger partial charge < -0.3 is 4.74 Å². The van der Waals surface area contributed by atoms with E-state index in [9.17, 15) is 9.00 Å². The quantitative estimate of drug-likeness (QED) is 0.510. The van der Waals surface area contributed by atoms with Gasteiger partial charge in [0.25, 0.3) is 0 Å². The Morgan fingerprint density at radius 2 is 1.81 bits per heavy atom. The molecule has 0 fully saturated rings. The largest absolute Gasteiger partial charge is 0.466 e. The van der Waals surface area contributed by atoms with Crippen molar-refractivity contribution in [2.45, 2.75) is 57.3 Å². The lowest BCUT2D eigenvalue weighted by atomic mass is 10.0. The molecular formula is C17H26O3S. The highest BCUT2D eigenvalue weighted by molar-refractivity contribution is 7.85. The van der Waals surface area contributed by atoms with Crippen LogP contribution in [0.1, 0.15) is 57.9 Å². The van der Waals surface area contributed by atoms with E-state index >= 15 is 0 Å². The number of benzene rings is 1. The van der Waals surface area contributed by atoms with E-state index in [1.54, 1.807) is 0 Å². The van der Waals surface area contributed by atoms with E-state index in [0.29, 0.717) is 24.7 Å². The van der Waals surface area contributed by atoms with Crippen molar-refractivity contribution in [3.63, 3.8) is 0 Å². The van der Waals surface area contributed by atoms with Crippen LogP contribution in [0.25, 0.3) is 0 Å². The number of carbonyl (C=O) groups excluding carboxylic acids is 1. The molecule has 0 N–H and O–H groups in total. The molecule has 0 spiro atoms. The molecule has 0 aliphatic carbocycles. The zero-order chi connectivity index (χ0) is 15.7. The van der Waals surface area contributed by atoms with Gasteiger partial charge >= 0.3 is 5.97 Å². The normalized spacial score (nSPS) is 12.4. The van der Waals surface area contributed by atoms with Crippen LogP contribution in [0.3, 0.4) is 0 Å². The predicted molar refractivity (Wildman–Crippen MR) is 86.9 cm³/mol. The van der Waals surface area contributed by atoms with E-state index in [2.05, 4.69) is 26.0 Å². The first-order valence-corrected chi connectivity index (χ1v) is 9.00. The van der Waals surface area contributed by atoms with Crippen molar-refractivity contribution in [3.8, 4) is 0 Å². The molecule has 3 nitrogen and oxygen atoms in total. The molecule has 0 aliphatic rings. The molecular weight excluding hydrogens is 284 g/mol. The van der Waals surface area contributed by atoms with Gasteiger partial charge in [0, 0.05) is 17.1 Å². The first kappa shape index (κ1) is 17.9. The highest BCUT2D eigenvalue weighted by Gasteiger charge is 2.06. The van der Waals surface area contributed by atoms with E-state index in [1.165, 1.54) is 5.56 Å². The fraction of sp³-hybridized carbons (Fsp3) is 0.588. The molecule has 1 aromatic rings. The van der Waals surface area contributed by atoms with Gasteiger partial charge in [-0.25, -0.2) is 0 Å². The maximum atomic E-state index is 12.1. The fourth-order valence-electron chi connectivity index (χ4n) is 2.03. The monoisotopic (exact) mass is 310 g/mol. The van der Waals surface area contributed by atoms with Crippen LogP contribution in [0.4, 0.5) is 0 Å². The van der Waals surface area contributed by atoms with Crippen molar-refractivity contribution in [2.24, 2.45) is 0 Å². The van der Waals surface area contributed by atoms with E-state index in [4.69, 9.17) is 4.74 Å². The summed E-state index contributed by atoms with van der Waals surface area (Å²) >= 11 is 0. The molecule has 21 heavy (non-hydrogen) atoms. The minimum atomic E-state index is -0.939. The zero-order valence-corrected chi connectivity index (χ0v) is 14.1. The topological polar surface area (TPSA) is 43.4 Å². The van der Waals surface area contributed by atoms with Crippen molar-refractivity contribution in [3.05, 3.63) is 29.8 Å². The van der Waals surface area contributed by atoms with Crippen LogP contribution in [-0.4, -0.2) is 22.5 Å². The number of rotatable bonds is 9. The lowest BCUT2D eigenvalue weighted by Gasteiger charge is -2.07. The van der Waals surface area contributed by atoms with Gasteiger partial charge in [0.05, 0.1) is 17.4 Å². The first-order valence-electron chi connectivity index (χ1n) is 7.68. The Kier molecular flexibility index (Phi) is 8.28. The van der Waals surface area contributed by atoms with Crippen LogP contribution in [-0.2, 0) is 20.3 Å². The molecule has 1 atom stereocenters. The number of carbonyl (C=O) groups is 1. The highest BCUT2D eigenvalue weighted by atomic mass is 32.2. The average Bonchev–Trinajstić information content (AvgIpc) is 2.47. The van der Waals surface area contributed by atoms with Crippen molar-refractivity contribution >= 4 is 16.8 Å².